The van der Waals surface area contributed by atoms with Crippen LogP contribution in [0.5, 0.6) is 0 Å². The zero-order chi connectivity index (χ0) is 18.4. The summed E-state index contributed by atoms with van der Waals surface area (Å²) in [5.41, 5.74) is 6.18. The lowest BCUT2D eigenvalue weighted by Gasteiger charge is -2.16. The van der Waals surface area contributed by atoms with Crippen molar-refractivity contribution in [3.8, 4) is 0 Å². The van der Waals surface area contributed by atoms with Gasteiger partial charge in [-0.3, -0.25) is 4.98 Å². The highest BCUT2D eigenvalue weighted by Gasteiger charge is 2.19. The molecule has 28 heavy (non-hydrogen) atoms. The molecule has 2 nitrogen and oxygen atoms in total. The number of fused-ring (bicyclic) bond motifs is 7. The molecule has 2 heteroatoms. The van der Waals surface area contributed by atoms with Gasteiger partial charge in [-0.05, 0) is 52.9 Å². The van der Waals surface area contributed by atoms with Crippen molar-refractivity contribution in [2.24, 2.45) is 0 Å². The Balaban J connectivity index is 1.93. The summed E-state index contributed by atoms with van der Waals surface area (Å²) >= 11 is 0. The minimum absolute atomic E-state index is 1.08. The summed E-state index contributed by atoms with van der Waals surface area (Å²) in [5, 5.41) is 8.90. The zero-order valence-corrected chi connectivity index (χ0v) is 15.4. The van der Waals surface area contributed by atoms with Gasteiger partial charge in [0.05, 0.1) is 22.1 Å². The average Bonchev–Trinajstić information content (AvgIpc) is 3.10. The van der Waals surface area contributed by atoms with Gasteiger partial charge in [-0.1, -0.05) is 48.5 Å². The number of rotatable bonds is 0. The molecule has 3 aromatic carbocycles. The summed E-state index contributed by atoms with van der Waals surface area (Å²) in [5.74, 6) is 0. The highest BCUT2D eigenvalue weighted by atomic mass is 14.9. The van der Waals surface area contributed by atoms with Crippen LogP contribution in [0.3, 0.4) is 0 Å². The Morgan fingerprint density at radius 2 is 1.36 bits per heavy atom. The fourth-order valence-electron chi connectivity index (χ4n) is 5.07. The maximum atomic E-state index is 4.86. The molecule has 0 amide bonds. The van der Waals surface area contributed by atoms with Crippen LogP contribution in [0.1, 0.15) is 5.56 Å². The molecule has 0 fully saturated rings. The van der Waals surface area contributed by atoms with E-state index in [0.717, 1.165) is 5.52 Å². The predicted molar refractivity (Wildman–Crippen MR) is 119 cm³/mol. The molecule has 0 spiro atoms. The van der Waals surface area contributed by atoms with Crippen LogP contribution in [0.15, 0.2) is 79.0 Å². The minimum atomic E-state index is 1.08. The van der Waals surface area contributed by atoms with E-state index in [1.165, 1.54) is 59.8 Å². The van der Waals surface area contributed by atoms with Gasteiger partial charge in [-0.15, -0.1) is 0 Å². The van der Waals surface area contributed by atoms with Crippen LogP contribution < -0.4 is 0 Å². The Morgan fingerprint density at radius 3 is 2.18 bits per heavy atom. The van der Waals surface area contributed by atoms with Gasteiger partial charge in [0.15, 0.2) is 0 Å². The van der Waals surface area contributed by atoms with Crippen LogP contribution in [0.4, 0.5) is 0 Å². The van der Waals surface area contributed by atoms with Gasteiger partial charge in [0.2, 0.25) is 0 Å². The first-order valence-corrected chi connectivity index (χ1v) is 9.66. The van der Waals surface area contributed by atoms with Crippen molar-refractivity contribution in [1.82, 2.24) is 9.38 Å². The number of benzene rings is 3. The van der Waals surface area contributed by atoms with E-state index in [0.29, 0.717) is 0 Å². The van der Waals surface area contributed by atoms with Crippen LogP contribution in [-0.4, -0.2) is 9.38 Å². The van der Waals surface area contributed by atoms with Crippen molar-refractivity contribution >= 4 is 59.8 Å². The zero-order valence-electron chi connectivity index (χ0n) is 15.4. The maximum absolute atomic E-state index is 4.86. The molecular formula is C26H16N2. The molecule has 7 aromatic rings. The monoisotopic (exact) mass is 356 g/mol. The minimum Gasteiger partial charge on any atom is -0.306 e. The third-order valence-electron chi connectivity index (χ3n) is 6.23. The topological polar surface area (TPSA) is 17.3 Å². The predicted octanol–water partition coefficient (Wildman–Crippen LogP) is 6.85. The summed E-state index contributed by atoms with van der Waals surface area (Å²) < 4.78 is 2.44. The molecule has 7 rings (SSSR count). The fraction of sp³-hybridized carbons (Fsp3) is 0.0385. The van der Waals surface area contributed by atoms with Gasteiger partial charge in [-0.25, -0.2) is 0 Å². The van der Waals surface area contributed by atoms with Crippen LogP contribution in [0.25, 0.3) is 59.8 Å². The standard InChI is InChI=1S/C26H16N2/c1-15-12-23-19-9-5-4-8-18(19)20-10-11-27-24-21-13-16-6-2-3-7-17(16)14-22(21)25(15)28(23)26(20)24/h2-14H,1H3. The smallest absolute Gasteiger partial charge is 0.0955 e. The van der Waals surface area contributed by atoms with Crippen molar-refractivity contribution in [3.05, 3.63) is 84.6 Å². The molecule has 4 heterocycles. The fourth-order valence-corrected chi connectivity index (χ4v) is 5.07. The van der Waals surface area contributed by atoms with Crippen LogP contribution in [0.2, 0.25) is 0 Å². The summed E-state index contributed by atoms with van der Waals surface area (Å²) in [6, 6.07) is 26.4. The van der Waals surface area contributed by atoms with Crippen molar-refractivity contribution in [2.45, 2.75) is 6.92 Å². The number of hydrogen-bond donors (Lipinski definition) is 0. The lowest BCUT2D eigenvalue weighted by molar-refractivity contribution is 1.32. The Labute approximate surface area is 161 Å². The normalized spacial score (nSPS) is 12.5. The molecule has 0 aliphatic carbocycles. The van der Waals surface area contributed by atoms with Gasteiger partial charge in [-0.2, -0.15) is 0 Å². The van der Waals surface area contributed by atoms with E-state index in [2.05, 4.69) is 84.1 Å². The number of hydrogen-bond acceptors (Lipinski definition) is 1. The third-order valence-corrected chi connectivity index (χ3v) is 6.23. The van der Waals surface area contributed by atoms with E-state index in [1.807, 2.05) is 6.20 Å². The van der Waals surface area contributed by atoms with Gasteiger partial charge in [0.25, 0.3) is 0 Å². The average molecular weight is 356 g/mol. The molecular weight excluding hydrogens is 340 g/mol. The van der Waals surface area contributed by atoms with Crippen molar-refractivity contribution in [1.29, 1.82) is 0 Å². The quantitative estimate of drug-likeness (QED) is 0.215. The van der Waals surface area contributed by atoms with Crippen LogP contribution >= 0.6 is 0 Å². The third kappa shape index (κ3) is 1.58. The number of pyridine rings is 3. The van der Waals surface area contributed by atoms with E-state index in [-0.39, 0.29) is 0 Å². The van der Waals surface area contributed by atoms with Gasteiger partial charge in [0.1, 0.15) is 0 Å². The van der Waals surface area contributed by atoms with Crippen molar-refractivity contribution in [2.75, 3.05) is 0 Å². The number of nitrogens with zero attached hydrogens (tertiary/aromatic N) is 2. The van der Waals surface area contributed by atoms with Gasteiger partial charge >= 0.3 is 0 Å². The first-order chi connectivity index (χ1) is 13.8. The summed E-state index contributed by atoms with van der Waals surface area (Å²) in [7, 11) is 0. The Morgan fingerprint density at radius 1 is 0.643 bits per heavy atom. The van der Waals surface area contributed by atoms with Crippen molar-refractivity contribution in [3.63, 3.8) is 0 Å². The highest BCUT2D eigenvalue weighted by molar-refractivity contribution is 6.25. The van der Waals surface area contributed by atoms with Crippen LogP contribution in [-0.2, 0) is 0 Å². The molecule has 0 unspecified atom stereocenters. The van der Waals surface area contributed by atoms with E-state index in [4.69, 9.17) is 4.98 Å². The summed E-state index contributed by atoms with van der Waals surface area (Å²) in [6.45, 7) is 2.23. The van der Waals surface area contributed by atoms with E-state index in [9.17, 15) is 0 Å². The SMILES string of the molecule is Cc1cc2c3ccccc3c3ccnc4c5cc6ccccc6cc5c1n2c34. The van der Waals surface area contributed by atoms with Gasteiger partial charge < -0.3 is 4.40 Å². The molecule has 0 atom stereocenters. The van der Waals surface area contributed by atoms with Gasteiger partial charge in [0, 0.05) is 27.7 Å². The summed E-state index contributed by atoms with van der Waals surface area (Å²) in [6.07, 6.45) is 1.95. The molecule has 0 bridgehead atoms. The van der Waals surface area contributed by atoms with Crippen LogP contribution in [0, 0.1) is 6.92 Å². The molecule has 0 saturated carbocycles. The lowest BCUT2D eigenvalue weighted by Crippen LogP contribution is -1.97. The molecule has 130 valence electrons. The Hall–Kier alpha value is -3.65. The first-order valence-electron chi connectivity index (χ1n) is 9.66. The van der Waals surface area contributed by atoms with E-state index >= 15 is 0 Å². The highest BCUT2D eigenvalue weighted by Crippen LogP contribution is 2.41. The Kier molecular flexibility index (Phi) is 2.47. The first kappa shape index (κ1) is 14.4. The number of aromatic nitrogens is 2. The molecule has 0 radical (unpaired) electrons. The largest absolute Gasteiger partial charge is 0.306 e. The molecule has 0 aliphatic heterocycles. The molecule has 0 N–H and O–H groups in total. The molecule has 0 aliphatic rings. The second-order valence-corrected chi connectivity index (χ2v) is 7.74. The van der Waals surface area contributed by atoms with E-state index < -0.39 is 0 Å². The second-order valence-electron chi connectivity index (χ2n) is 7.74. The second kappa shape index (κ2) is 4.79. The molecule has 0 saturated heterocycles. The van der Waals surface area contributed by atoms with E-state index in [1.54, 1.807) is 0 Å². The number of aryl methyl sites for hydroxylation is 1. The maximum Gasteiger partial charge on any atom is 0.0955 e. The molecule has 4 aromatic heterocycles. The Bertz CT molecular complexity index is 1720. The summed E-state index contributed by atoms with van der Waals surface area (Å²) in [4.78, 5) is 4.86. The lowest BCUT2D eigenvalue weighted by atomic mass is 9.99. The van der Waals surface area contributed by atoms with Crippen molar-refractivity contribution < 1.29 is 0 Å².